The Hall–Kier alpha value is -1.90. The minimum absolute atomic E-state index is 0.0479. The predicted octanol–water partition coefficient (Wildman–Crippen LogP) is 4.91. The van der Waals surface area contributed by atoms with Gasteiger partial charge >= 0.3 is 5.97 Å². The van der Waals surface area contributed by atoms with Gasteiger partial charge in [0.15, 0.2) is 5.78 Å². The predicted molar refractivity (Wildman–Crippen MR) is 96.5 cm³/mol. The summed E-state index contributed by atoms with van der Waals surface area (Å²) in [5.74, 6) is 0.259. The van der Waals surface area contributed by atoms with Crippen LogP contribution in [0.3, 0.4) is 0 Å². The molecule has 0 heterocycles. The standard InChI is InChI=1S/C21H28O3/c1-12-9-13(2)16(14(3)10-12)17-15(22)11-21(7,8)18(17)24-19(23)20(4,5)6/h9-10H,11H2,1-8H3. The molecule has 3 nitrogen and oxygen atoms in total. The van der Waals surface area contributed by atoms with E-state index in [0.717, 1.165) is 22.3 Å². The first-order chi connectivity index (χ1) is 10.8. The molecule has 1 aliphatic rings. The van der Waals surface area contributed by atoms with E-state index < -0.39 is 10.8 Å². The largest absolute Gasteiger partial charge is 0.429 e. The SMILES string of the molecule is Cc1cc(C)c(C2=C(OC(=O)C(C)(C)C)C(C)(C)CC2=O)c(C)c1. The molecule has 0 radical (unpaired) electrons. The van der Waals surface area contributed by atoms with Crippen molar-refractivity contribution in [3.63, 3.8) is 0 Å². The van der Waals surface area contributed by atoms with Crippen LogP contribution < -0.4 is 0 Å². The Morgan fingerprint density at radius 2 is 1.58 bits per heavy atom. The summed E-state index contributed by atoms with van der Waals surface area (Å²) in [4.78, 5) is 25.2. The first-order valence-corrected chi connectivity index (χ1v) is 8.43. The van der Waals surface area contributed by atoms with Crippen molar-refractivity contribution in [2.45, 2.75) is 61.8 Å². The fourth-order valence-corrected chi connectivity index (χ4v) is 3.30. The van der Waals surface area contributed by atoms with Crippen molar-refractivity contribution in [1.29, 1.82) is 0 Å². The van der Waals surface area contributed by atoms with Crippen LogP contribution in [0.1, 0.15) is 63.3 Å². The minimum Gasteiger partial charge on any atom is -0.429 e. The smallest absolute Gasteiger partial charge is 0.316 e. The molecule has 0 fully saturated rings. The number of hydrogen-bond donors (Lipinski definition) is 0. The number of ketones is 1. The van der Waals surface area contributed by atoms with Crippen LogP contribution in [-0.2, 0) is 14.3 Å². The van der Waals surface area contributed by atoms with E-state index in [-0.39, 0.29) is 11.8 Å². The van der Waals surface area contributed by atoms with Crippen LogP contribution in [0.5, 0.6) is 0 Å². The zero-order valence-electron chi connectivity index (χ0n) is 16.1. The molecule has 0 spiro atoms. The highest BCUT2D eigenvalue weighted by Gasteiger charge is 2.43. The molecular formula is C21H28O3. The molecular weight excluding hydrogens is 300 g/mol. The average Bonchev–Trinajstić information content (AvgIpc) is 2.58. The van der Waals surface area contributed by atoms with Crippen LogP contribution in [0.2, 0.25) is 0 Å². The van der Waals surface area contributed by atoms with Gasteiger partial charge in [0.1, 0.15) is 5.76 Å². The summed E-state index contributed by atoms with van der Waals surface area (Å²) in [6, 6.07) is 4.13. The highest BCUT2D eigenvalue weighted by Crippen LogP contribution is 2.46. The lowest BCUT2D eigenvalue weighted by molar-refractivity contribution is -0.150. The van der Waals surface area contributed by atoms with E-state index in [1.807, 2.05) is 55.4 Å². The molecule has 1 aromatic carbocycles. The second-order valence-electron chi connectivity index (χ2n) is 8.60. The van der Waals surface area contributed by atoms with Crippen LogP contribution in [0, 0.1) is 31.6 Å². The van der Waals surface area contributed by atoms with Gasteiger partial charge in [0, 0.05) is 11.8 Å². The number of esters is 1. The molecule has 130 valence electrons. The fourth-order valence-electron chi connectivity index (χ4n) is 3.30. The van der Waals surface area contributed by atoms with Gasteiger partial charge in [-0.3, -0.25) is 9.59 Å². The molecule has 0 unspecified atom stereocenters. The van der Waals surface area contributed by atoms with Crippen LogP contribution >= 0.6 is 0 Å². The summed E-state index contributed by atoms with van der Waals surface area (Å²) in [5, 5.41) is 0. The highest BCUT2D eigenvalue weighted by molar-refractivity contribution is 6.25. The molecule has 3 heteroatoms. The summed E-state index contributed by atoms with van der Waals surface area (Å²) >= 11 is 0. The molecule has 0 aliphatic heterocycles. The Morgan fingerprint density at radius 3 is 2.04 bits per heavy atom. The number of ether oxygens (including phenoxy) is 1. The Balaban J connectivity index is 2.68. The maximum absolute atomic E-state index is 12.8. The number of carbonyl (C=O) groups is 2. The molecule has 0 bridgehead atoms. The van der Waals surface area contributed by atoms with E-state index in [2.05, 4.69) is 12.1 Å². The van der Waals surface area contributed by atoms with Crippen LogP contribution in [-0.4, -0.2) is 11.8 Å². The summed E-state index contributed by atoms with van der Waals surface area (Å²) < 4.78 is 5.79. The quantitative estimate of drug-likeness (QED) is 0.724. The lowest BCUT2D eigenvalue weighted by atomic mass is 9.89. The van der Waals surface area contributed by atoms with E-state index in [1.54, 1.807) is 0 Å². The third-order valence-electron chi connectivity index (χ3n) is 4.46. The van der Waals surface area contributed by atoms with Crippen molar-refractivity contribution in [3.8, 4) is 0 Å². The van der Waals surface area contributed by atoms with E-state index in [1.165, 1.54) is 0 Å². The maximum Gasteiger partial charge on any atom is 0.316 e. The lowest BCUT2D eigenvalue weighted by Crippen LogP contribution is -2.26. The molecule has 0 atom stereocenters. The first-order valence-electron chi connectivity index (χ1n) is 8.43. The zero-order valence-corrected chi connectivity index (χ0v) is 16.1. The molecule has 1 aliphatic carbocycles. The number of aryl methyl sites for hydroxylation is 3. The minimum atomic E-state index is -0.614. The summed E-state index contributed by atoms with van der Waals surface area (Å²) in [7, 11) is 0. The van der Waals surface area contributed by atoms with Gasteiger partial charge in [-0.2, -0.15) is 0 Å². The Kier molecular flexibility index (Phi) is 4.51. The third kappa shape index (κ3) is 3.31. The maximum atomic E-state index is 12.8. The molecule has 2 rings (SSSR count). The van der Waals surface area contributed by atoms with Crippen molar-refractivity contribution in [3.05, 3.63) is 40.1 Å². The van der Waals surface area contributed by atoms with Crippen LogP contribution in [0.4, 0.5) is 0 Å². The number of Topliss-reactive ketones (excluding diaryl/α,β-unsaturated/α-hetero) is 1. The van der Waals surface area contributed by atoms with Crippen molar-refractivity contribution >= 4 is 17.3 Å². The highest BCUT2D eigenvalue weighted by atomic mass is 16.5. The van der Waals surface area contributed by atoms with Gasteiger partial charge in [0.2, 0.25) is 0 Å². The van der Waals surface area contributed by atoms with Gasteiger partial charge < -0.3 is 4.74 Å². The second kappa shape index (κ2) is 5.87. The number of hydrogen-bond acceptors (Lipinski definition) is 3. The lowest BCUT2D eigenvalue weighted by Gasteiger charge is -2.25. The monoisotopic (exact) mass is 328 g/mol. The summed E-state index contributed by atoms with van der Waals surface area (Å²) in [6.45, 7) is 15.4. The van der Waals surface area contributed by atoms with Crippen molar-refractivity contribution in [2.24, 2.45) is 10.8 Å². The molecule has 1 aromatic rings. The first kappa shape index (κ1) is 18.4. The number of rotatable bonds is 2. The second-order valence-corrected chi connectivity index (χ2v) is 8.60. The molecule has 0 aromatic heterocycles. The molecule has 0 saturated carbocycles. The number of allylic oxidation sites excluding steroid dienone is 2. The summed E-state index contributed by atoms with van der Waals surface area (Å²) in [5.41, 5.74) is 3.64. The van der Waals surface area contributed by atoms with Crippen molar-refractivity contribution < 1.29 is 14.3 Å². The third-order valence-corrected chi connectivity index (χ3v) is 4.46. The van der Waals surface area contributed by atoms with Crippen molar-refractivity contribution in [1.82, 2.24) is 0 Å². The summed E-state index contributed by atoms with van der Waals surface area (Å²) in [6.07, 6.45) is 0.363. The van der Waals surface area contributed by atoms with Gasteiger partial charge in [-0.25, -0.2) is 0 Å². The normalized spacial score (nSPS) is 17.4. The Morgan fingerprint density at radius 1 is 1.08 bits per heavy atom. The average molecular weight is 328 g/mol. The van der Waals surface area contributed by atoms with Gasteiger partial charge in [0.25, 0.3) is 0 Å². The van der Waals surface area contributed by atoms with Gasteiger partial charge in [-0.05, 0) is 58.2 Å². The molecule has 0 N–H and O–H groups in total. The molecule has 24 heavy (non-hydrogen) atoms. The number of benzene rings is 1. The van der Waals surface area contributed by atoms with E-state index in [9.17, 15) is 9.59 Å². The number of carbonyl (C=O) groups excluding carboxylic acids is 2. The fraction of sp³-hybridized carbons (Fsp3) is 0.524. The van der Waals surface area contributed by atoms with Gasteiger partial charge in [0.05, 0.1) is 11.0 Å². The zero-order chi connectivity index (χ0) is 18.4. The van der Waals surface area contributed by atoms with Gasteiger partial charge in [-0.15, -0.1) is 0 Å². The van der Waals surface area contributed by atoms with Crippen LogP contribution in [0.15, 0.2) is 17.9 Å². The molecule has 0 saturated heterocycles. The Labute approximate surface area is 145 Å². The van der Waals surface area contributed by atoms with Gasteiger partial charge in [-0.1, -0.05) is 31.5 Å². The molecule has 0 amide bonds. The van der Waals surface area contributed by atoms with Crippen molar-refractivity contribution in [2.75, 3.05) is 0 Å². The van der Waals surface area contributed by atoms with E-state index in [0.29, 0.717) is 17.8 Å². The van der Waals surface area contributed by atoms with E-state index in [4.69, 9.17) is 4.74 Å². The van der Waals surface area contributed by atoms with E-state index >= 15 is 0 Å². The Bertz CT molecular complexity index is 720. The van der Waals surface area contributed by atoms with Crippen LogP contribution in [0.25, 0.3) is 5.57 Å². The topological polar surface area (TPSA) is 43.4 Å².